The van der Waals surface area contributed by atoms with Gasteiger partial charge in [-0.2, -0.15) is 0 Å². The Labute approximate surface area is 94.4 Å². The maximum absolute atomic E-state index is 3.75. The highest BCUT2D eigenvalue weighted by Crippen LogP contribution is 2.44. The van der Waals surface area contributed by atoms with E-state index >= 15 is 0 Å². The molecule has 0 spiro atoms. The summed E-state index contributed by atoms with van der Waals surface area (Å²) in [6.45, 7) is 8.58. The van der Waals surface area contributed by atoms with Gasteiger partial charge in [0.25, 0.3) is 0 Å². The quantitative estimate of drug-likeness (QED) is 0.764. The van der Waals surface area contributed by atoms with Crippen molar-refractivity contribution in [1.29, 1.82) is 0 Å². The van der Waals surface area contributed by atoms with Crippen molar-refractivity contribution in [2.24, 2.45) is 11.3 Å². The van der Waals surface area contributed by atoms with Crippen LogP contribution in [-0.4, -0.2) is 37.6 Å². The topological polar surface area (TPSA) is 15.3 Å². The lowest BCUT2D eigenvalue weighted by molar-refractivity contribution is 0.176. The fourth-order valence-corrected chi connectivity index (χ4v) is 2.58. The second-order valence-electron chi connectivity index (χ2n) is 6.14. The number of rotatable bonds is 4. The molecule has 0 bridgehead atoms. The molecular formula is C13H26N2. The van der Waals surface area contributed by atoms with Crippen molar-refractivity contribution in [3.05, 3.63) is 0 Å². The summed E-state index contributed by atoms with van der Waals surface area (Å²) in [5.41, 5.74) is 0.648. The minimum Gasteiger partial charge on any atom is -0.313 e. The maximum Gasteiger partial charge on any atom is 0.00794 e. The normalized spacial score (nSPS) is 32.6. The molecule has 1 heterocycles. The molecule has 15 heavy (non-hydrogen) atoms. The third-order valence-corrected chi connectivity index (χ3v) is 4.32. The first-order valence-electron chi connectivity index (χ1n) is 6.51. The molecule has 2 aliphatic rings. The van der Waals surface area contributed by atoms with E-state index in [1.807, 2.05) is 0 Å². The van der Waals surface area contributed by atoms with E-state index < -0.39 is 0 Å². The van der Waals surface area contributed by atoms with Crippen molar-refractivity contribution in [3.8, 4) is 0 Å². The van der Waals surface area contributed by atoms with Gasteiger partial charge in [-0.05, 0) is 57.5 Å². The van der Waals surface area contributed by atoms with E-state index in [-0.39, 0.29) is 0 Å². The van der Waals surface area contributed by atoms with Crippen molar-refractivity contribution in [3.63, 3.8) is 0 Å². The summed E-state index contributed by atoms with van der Waals surface area (Å²) in [5, 5.41) is 3.75. The highest BCUT2D eigenvalue weighted by molar-refractivity contribution is 4.92. The first-order chi connectivity index (χ1) is 7.09. The third-order valence-electron chi connectivity index (χ3n) is 4.32. The molecule has 0 aromatic heterocycles. The Hall–Kier alpha value is -0.0800. The molecule has 1 N–H and O–H groups in total. The molecule has 0 radical (unpaired) electrons. The van der Waals surface area contributed by atoms with E-state index in [4.69, 9.17) is 0 Å². The fraction of sp³-hybridized carbons (Fsp3) is 1.00. The van der Waals surface area contributed by atoms with Crippen LogP contribution in [0.25, 0.3) is 0 Å². The second kappa shape index (κ2) is 4.42. The van der Waals surface area contributed by atoms with E-state index in [2.05, 4.69) is 31.1 Å². The van der Waals surface area contributed by atoms with E-state index in [0.717, 1.165) is 5.92 Å². The molecule has 1 saturated heterocycles. The van der Waals surface area contributed by atoms with Crippen molar-refractivity contribution < 1.29 is 0 Å². The van der Waals surface area contributed by atoms with E-state index in [0.29, 0.717) is 11.5 Å². The van der Waals surface area contributed by atoms with Crippen molar-refractivity contribution in [2.75, 3.05) is 26.7 Å². The first-order valence-corrected chi connectivity index (χ1v) is 6.51. The van der Waals surface area contributed by atoms with Gasteiger partial charge in [0.15, 0.2) is 0 Å². The van der Waals surface area contributed by atoms with Crippen molar-refractivity contribution in [1.82, 2.24) is 10.2 Å². The molecule has 88 valence electrons. The van der Waals surface area contributed by atoms with Gasteiger partial charge in [0.2, 0.25) is 0 Å². The minimum absolute atomic E-state index is 0.648. The van der Waals surface area contributed by atoms with Gasteiger partial charge in [-0.3, -0.25) is 0 Å². The Morgan fingerprint density at radius 2 is 2.20 bits per heavy atom. The van der Waals surface area contributed by atoms with Gasteiger partial charge in [0, 0.05) is 19.1 Å². The molecule has 2 fully saturated rings. The van der Waals surface area contributed by atoms with Crippen LogP contribution in [0, 0.1) is 11.3 Å². The molecule has 2 unspecified atom stereocenters. The van der Waals surface area contributed by atoms with Gasteiger partial charge in [-0.25, -0.2) is 0 Å². The van der Waals surface area contributed by atoms with Gasteiger partial charge in [-0.1, -0.05) is 6.92 Å². The van der Waals surface area contributed by atoms with Crippen molar-refractivity contribution >= 4 is 0 Å². The summed E-state index contributed by atoms with van der Waals surface area (Å²) >= 11 is 0. The highest BCUT2D eigenvalue weighted by Gasteiger charge is 2.37. The molecule has 0 aromatic carbocycles. The Kier molecular flexibility index (Phi) is 3.36. The molecular weight excluding hydrogens is 184 g/mol. The van der Waals surface area contributed by atoms with Crippen LogP contribution in [-0.2, 0) is 0 Å². The van der Waals surface area contributed by atoms with Gasteiger partial charge < -0.3 is 10.2 Å². The Balaban J connectivity index is 1.72. The molecule has 1 aliphatic heterocycles. The largest absolute Gasteiger partial charge is 0.313 e. The van der Waals surface area contributed by atoms with E-state index in [1.54, 1.807) is 0 Å². The fourth-order valence-electron chi connectivity index (χ4n) is 2.58. The van der Waals surface area contributed by atoms with Crippen LogP contribution in [0.15, 0.2) is 0 Å². The molecule has 0 amide bonds. The summed E-state index contributed by atoms with van der Waals surface area (Å²) in [5.74, 6) is 0.867. The molecule has 0 aromatic rings. The van der Waals surface area contributed by atoms with Crippen LogP contribution in [0.2, 0.25) is 0 Å². The van der Waals surface area contributed by atoms with Crippen LogP contribution in [0.4, 0.5) is 0 Å². The van der Waals surface area contributed by atoms with Crippen LogP contribution in [0.5, 0.6) is 0 Å². The number of likely N-dealkylation sites (tertiary alicyclic amines) is 1. The molecule has 2 heteroatoms. The Morgan fingerprint density at radius 3 is 2.80 bits per heavy atom. The average molecular weight is 210 g/mol. The predicted molar refractivity (Wildman–Crippen MR) is 65.0 cm³/mol. The zero-order valence-corrected chi connectivity index (χ0v) is 10.6. The van der Waals surface area contributed by atoms with Crippen LogP contribution in [0.3, 0.4) is 0 Å². The maximum atomic E-state index is 3.75. The van der Waals surface area contributed by atoms with Crippen LogP contribution >= 0.6 is 0 Å². The standard InChI is InChI=1S/C13H26N2/c1-11(14-10-13(2)6-7-13)12-5-4-8-15(3)9-12/h11-12,14H,4-10H2,1-3H3. The molecule has 2 rings (SSSR count). The van der Waals surface area contributed by atoms with E-state index in [1.165, 1.54) is 45.3 Å². The lowest BCUT2D eigenvalue weighted by atomic mass is 9.91. The number of hydrogen-bond acceptors (Lipinski definition) is 2. The summed E-state index contributed by atoms with van der Waals surface area (Å²) in [4.78, 5) is 2.48. The molecule has 1 saturated carbocycles. The van der Waals surface area contributed by atoms with E-state index in [9.17, 15) is 0 Å². The number of piperidine rings is 1. The Bertz CT molecular complexity index is 211. The van der Waals surface area contributed by atoms with Gasteiger partial charge in [0.05, 0.1) is 0 Å². The highest BCUT2D eigenvalue weighted by atomic mass is 15.1. The second-order valence-corrected chi connectivity index (χ2v) is 6.14. The van der Waals surface area contributed by atoms with Gasteiger partial charge in [0.1, 0.15) is 0 Å². The van der Waals surface area contributed by atoms with Gasteiger partial charge in [-0.15, -0.1) is 0 Å². The number of nitrogens with zero attached hydrogens (tertiary/aromatic N) is 1. The lowest BCUT2D eigenvalue weighted by Gasteiger charge is -2.34. The van der Waals surface area contributed by atoms with Crippen molar-refractivity contribution in [2.45, 2.75) is 45.6 Å². The minimum atomic E-state index is 0.648. The molecule has 2 nitrogen and oxygen atoms in total. The SMILES string of the molecule is CC(NCC1(C)CC1)C1CCCN(C)C1. The number of nitrogens with one attached hydrogen (secondary N) is 1. The summed E-state index contributed by atoms with van der Waals surface area (Å²) in [6.07, 6.45) is 5.65. The Morgan fingerprint density at radius 1 is 1.47 bits per heavy atom. The zero-order valence-electron chi connectivity index (χ0n) is 10.6. The summed E-state index contributed by atoms with van der Waals surface area (Å²) in [6, 6.07) is 0.699. The van der Waals surface area contributed by atoms with Crippen LogP contribution < -0.4 is 5.32 Å². The summed E-state index contributed by atoms with van der Waals surface area (Å²) < 4.78 is 0. The smallest absolute Gasteiger partial charge is 0.00794 e. The third kappa shape index (κ3) is 3.18. The summed E-state index contributed by atoms with van der Waals surface area (Å²) in [7, 11) is 2.25. The monoisotopic (exact) mass is 210 g/mol. The first kappa shape index (κ1) is 11.4. The zero-order chi connectivity index (χ0) is 10.9. The lowest BCUT2D eigenvalue weighted by Crippen LogP contribution is -2.44. The number of hydrogen-bond donors (Lipinski definition) is 1. The van der Waals surface area contributed by atoms with Gasteiger partial charge >= 0.3 is 0 Å². The van der Waals surface area contributed by atoms with Crippen LogP contribution in [0.1, 0.15) is 39.5 Å². The molecule has 2 atom stereocenters. The predicted octanol–water partition coefficient (Wildman–Crippen LogP) is 2.11. The molecule has 1 aliphatic carbocycles. The average Bonchev–Trinajstić information content (AvgIpc) is 2.94.